The Morgan fingerprint density at radius 3 is 2.24 bits per heavy atom. The molecule has 160 valence electrons. The van der Waals surface area contributed by atoms with Gasteiger partial charge in [-0.05, 0) is 48.4 Å². The first-order valence-corrected chi connectivity index (χ1v) is 8.49. The summed E-state index contributed by atoms with van der Waals surface area (Å²) >= 11 is 0. The summed E-state index contributed by atoms with van der Waals surface area (Å²) in [6.45, 7) is 1.47. The van der Waals surface area contributed by atoms with Crippen molar-refractivity contribution in [2.45, 2.75) is 19.4 Å². The van der Waals surface area contributed by atoms with Gasteiger partial charge in [0.2, 0.25) is 0 Å². The van der Waals surface area contributed by atoms with Crippen molar-refractivity contribution in [3.8, 4) is 11.5 Å². The molecule has 0 amide bonds. The van der Waals surface area contributed by atoms with E-state index in [1.165, 1.54) is 24.3 Å². The Hall–Kier alpha value is -2.21. The molecule has 3 N–H and O–H groups in total. The van der Waals surface area contributed by atoms with E-state index in [2.05, 4.69) is 15.0 Å². The van der Waals surface area contributed by atoms with Crippen molar-refractivity contribution < 1.29 is 27.4 Å². The van der Waals surface area contributed by atoms with Gasteiger partial charge in [-0.3, -0.25) is 4.99 Å². The summed E-state index contributed by atoms with van der Waals surface area (Å²) in [6.07, 6.45) is -4.04. The number of anilines is 1. The second-order valence-electron chi connectivity index (χ2n) is 5.72. The third-order valence-corrected chi connectivity index (χ3v) is 3.52. The average Bonchev–Trinajstić information content (AvgIpc) is 2.65. The molecule has 10 heteroatoms. The predicted molar refractivity (Wildman–Crippen MR) is 116 cm³/mol. The van der Waals surface area contributed by atoms with Gasteiger partial charge in [0, 0.05) is 18.8 Å². The van der Waals surface area contributed by atoms with E-state index in [1.54, 1.807) is 7.11 Å². The number of hydrogen-bond acceptors (Lipinski definition) is 4. The monoisotopic (exact) mass is 525 g/mol. The number of methoxy groups -OCH3 is 1. The van der Waals surface area contributed by atoms with E-state index in [9.17, 15) is 13.2 Å². The van der Waals surface area contributed by atoms with Crippen LogP contribution in [0.5, 0.6) is 11.5 Å². The molecule has 6 nitrogen and oxygen atoms in total. The summed E-state index contributed by atoms with van der Waals surface area (Å²) in [6, 6.07) is 12.8. The summed E-state index contributed by atoms with van der Waals surface area (Å²) in [5, 5.41) is 2.80. The van der Waals surface area contributed by atoms with Gasteiger partial charge in [0.25, 0.3) is 0 Å². The van der Waals surface area contributed by atoms with E-state index in [1.807, 2.05) is 24.3 Å². The minimum atomic E-state index is -4.72. The third-order valence-electron chi connectivity index (χ3n) is 3.52. The van der Waals surface area contributed by atoms with Crippen molar-refractivity contribution in [1.82, 2.24) is 0 Å². The van der Waals surface area contributed by atoms with Gasteiger partial charge < -0.3 is 25.3 Å². The van der Waals surface area contributed by atoms with Gasteiger partial charge in [0.05, 0.1) is 13.7 Å². The molecule has 2 aromatic rings. The zero-order chi connectivity index (χ0) is 20.4. The molecule has 2 aromatic carbocycles. The van der Waals surface area contributed by atoms with E-state index in [0.29, 0.717) is 31.9 Å². The van der Waals surface area contributed by atoms with Gasteiger partial charge in [-0.1, -0.05) is 12.1 Å². The molecular formula is C19H23F3IN3O3. The summed E-state index contributed by atoms with van der Waals surface area (Å²) in [7, 11) is 1.62. The summed E-state index contributed by atoms with van der Waals surface area (Å²) in [5.41, 5.74) is 7.30. The first-order chi connectivity index (χ1) is 13.4. The van der Waals surface area contributed by atoms with Gasteiger partial charge in [0.15, 0.2) is 5.96 Å². The lowest BCUT2D eigenvalue weighted by molar-refractivity contribution is -0.274. The van der Waals surface area contributed by atoms with E-state index in [4.69, 9.17) is 15.2 Å². The lowest BCUT2D eigenvalue weighted by Crippen LogP contribution is -2.23. The van der Waals surface area contributed by atoms with Gasteiger partial charge in [-0.15, -0.1) is 37.1 Å². The van der Waals surface area contributed by atoms with Gasteiger partial charge in [-0.25, -0.2) is 0 Å². The molecule has 0 aromatic heterocycles. The molecule has 0 bridgehead atoms. The van der Waals surface area contributed by atoms with Crippen LogP contribution in [-0.4, -0.2) is 32.6 Å². The summed E-state index contributed by atoms with van der Waals surface area (Å²) in [5.74, 6) is 0.658. The molecule has 0 heterocycles. The summed E-state index contributed by atoms with van der Waals surface area (Å²) < 4.78 is 50.8. The molecule has 0 aliphatic rings. The Morgan fingerprint density at radius 1 is 1.03 bits per heavy atom. The van der Waals surface area contributed by atoms with Crippen LogP contribution in [0.25, 0.3) is 0 Å². The highest BCUT2D eigenvalue weighted by atomic mass is 127. The number of ether oxygens (including phenoxy) is 3. The highest BCUT2D eigenvalue weighted by Gasteiger charge is 2.30. The fraction of sp³-hybridized carbons (Fsp3) is 0.316. The number of halogens is 4. The molecule has 0 atom stereocenters. The van der Waals surface area contributed by atoms with Crippen molar-refractivity contribution in [3.05, 3.63) is 54.1 Å². The second-order valence-corrected chi connectivity index (χ2v) is 5.72. The van der Waals surface area contributed by atoms with Crippen LogP contribution in [0.4, 0.5) is 18.9 Å². The fourth-order valence-electron chi connectivity index (χ4n) is 2.21. The second kappa shape index (κ2) is 12.4. The van der Waals surface area contributed by atoms with Crippen LogP contribution in [0.2, 0.25) is 0 Å². The Labute approximate surface area is 184 Å². The maximum Gasteiger partial charge on any atom is 0.573 e. The maximum atomic E-state index is 12.1. The number of aliphatic imine (C=N–C) groups is 1. The number of alkyl halides is 3. The highest BCUT2D eigenvalue weighted by molar-refractivity contribution is 14.0. The first-order valence-electron chi connectivity index (χ1n) is 8.49. The van der Waals surface area contributed by atoms with Crippen LogP contribution >= 0.6 is 24.0 Å². The Balaban J connectivity index is 0.00000420. The molecule has 2 rings (SSSR count). The SMILES string of the molecule is COc1ccc(COCCCN=C(N)Nc2ccc(OC(F)(F)F)cc2)cc1.I. The quantitative estimate of drug-likeness (QED) is 0.218. The van der Waals surface area contributed by atoms with Crippen LogP contribution in [0.1, 0.15) is 12.0 Å². The molecule has 0 fully saturated rings. The van der Waals surface area contributed by atoms with Crippen LogP contribution in [0.15, 0.2) is 53.5 Å². The van der Waals surface area contributed by atoms with Crippen molar-refractivity contribution >= 4 is 35.6 Å². The number of guanidine groups is 1. The van der Waals surface area contributed by atoms with Crippen LogP contribution < -0.4 is 20.5 Å². The topological polar surface area (TPSA) is 78.1 Å². The van der Waals surface area contributed by atoms with Gasteiger partial charge in [0.1, 0.15) is 11.5 Å². The summed E-state index contributed by atoms with van der Waals surface area (Å²) in [4.78, 5) is 4.14. The van der Waals surface area contributed by atoms with Gasteiger partial charge >= 0.3 is 6.36 Å². The molecule has 0 saturated carbocycles. The van der Waals surface area contributed by atoms with Crippen LogP contribution in [0, 0.1) is 0 Å². The van der Waals surface area contributed by atoms with E-state index in [0.717, 1.165) is 11.3 Å². The normalized spacial score (nSPS) is 11.5. The van der Waals surface area contributed by atoms with E-state index >= 15 is 0 Å². The largest absolute Gasteiger partial charge is 0.573 e. The zero-order valence-electron chi connectivity index (χ0n) is 15.7. The van der Waals surface area contributed by atoms with Crippen molar-refractivity contribution in [2.24, 2.45) is 10.7 Å². The maximum absolute atomic E-state index is 12.1. The highest BCUT2D eigenvalue weighted by Crippen LogP contribution is 2.23. The number of rotatable bonds is 9. The van der Waals surface area contributed by atoms with Crippen molar-refractivity contribution in [2.75, 3.05) is 25.6 Å². The van der Waals surface area contributed by atoms with E-state index < -0.39 is 6.36 Å². The van der Waals surface area contributed by atoms with Crippen LogP contribution in [0.3, 0.4) is 0 Å². The minimum absolute atomic E-state index is 0. The number of nitrogens with one attached hydrogen (secondary N) is 1. The fourth-order valence-corrected chi connectivity index (χ4v) is 2.21. The van der Waals surface area contributed by atoms with Crippen molar-refractivity contribution in [3.63, 3.8) is 0 Å². The smallest absolute Gasteiger partial charge is 0.497 e. The molecule has 0 saturated heterocycles. The number of benzene rings is 2. The van der Waals surface area contributed by atoms with Crippen LogP contribution in [-0.2, 0) is 11.3 Å². The van der Waals surface area contributed by atoms with Gasteiger partial charge in [-0.2, -0.15) is 0 Å². The number of nitrogens with zero attached hydrogens (tertiary/aromatic N) is 1. The number of hydrogen-bond donors (Lipinski definition) is 2. The molecule has 0 radical (unpaired) electrons. The minimum Gasteiger partial charge on any atom is -0.497 e. The third kappa shape index (κ3) is 10.2. The zero-order valence-corrected chi connectivity index (χ0v) is 18.1. The molecule has 0 unspecified atom stereocenters. The lowest BCUT2D eigenvalue weighted by atomic mass is 10.2. The molecule has 29 heavy (non-hydrogen) atoms. The predicted octanol–water partition coefficient (Wildman–Crippen LogP) is 4.55. The Bertz CT molecular complexity index is 754. The average molecular weight is 525 g/mol. The molecule has 0 aliphatic heterocycles. The lowest BCUT2D eigenvalue weighted by Gasteiger charge is -2.10. The Kier molecular flexibility index (Phi) is 10.6. The molecular weight excluding hydrogens is 502 g/mol. The number of nitrogens with two attached hydrogens (primary N) is 1. The Morgan fingerprint density at radius 2 is 1.66 bits per heavy atom. The first kappa shape index (κ1) is 24.8. The standard InChI is InChI=1S/C19H22F3N3O3.HI/c1-26-16-7-3-14(4-8-16)13-27-12-2-11-24-18(23)25-15-5-9-17(10-6-15)28-19(20,21)22;/h3-10H,2,11-13H2,1H3,(H3,23,24,25);1H. The van der Waals surface area contributed by atoms with Crippen molar-refractivity contribution in [1.29, 1.82) is 0 Å². The molecule has 0 aliphatic carbocycles. The molecule has 0 spiro atoms. The van der Waals surface area contributed by atoms with E-state index in [-0.39, 0.29) is 35.7 Å².